The lowest BCUT2D eigenvalue weighted by Crippen LogP contribution is -2.08. The van der Waals surface area contributed by atoms with Gasteiger partial charge < -0.3 is 20.3 Å². The van der Waals surface area contributed by atoms with Crippen LogP contribution in [0.25, 0.3) is 0 Å². The Hall–Kier alpha value is -2.43. The highest BCUT2D eigenvalue weighted by atomic mass is 19.1. The number of phenols is 2. The van der Waals surface area contributed by atoms with E-state index in [4.69, 9.17) is 4.74 Å². The van der Waals surface area contributed by atoms with Gasteiger partial charge in [-0.15, -0.1) is 0 Å². The zero-order chi connectivity index (χ0) is 14.7. The van der Waals surface area contributed by atoms with Crippen molar-refractivity contribution in [2.45, 2.75) is 13.0 Å². The van der Waals surface area contributed by atoms with Gasteiger partial charge >= 0.3 is 0 Å². The summed E-state index contributed by atoms with van der Waals surface area (Å²) in [5.74, 6) is -0.0608. The maximum Gasteiger partial charge on any atom is 0.144 e. The number of hydrogen-bond acceptors (Lipinski definition) is 4. The minimum absolute atomic E-state index is 0.00826. The third-order valence-corrected chi connectivity index (χ3v) is 3.03. The smallest absolute Gasteiger partial charge is 0.144 e. The van der Waals surface area contributed by atoms with E-state index < -0.39 is 5.82 Å². The van der Waals surface area contributed by atoms with Crippen LogP contribution >= 0.6 is 0 Å². The average Bonchev–Trinajstić information content (AvgIpc) is 2.40. The molecule has 0 saturated carbocycles. The molecular weight excluding hydrogens is 261 g/mol. The Morgan fingerprint density at radius 3 is 2.40 bits per heavy atom. The zero-order valence-corrected chi connectivity index (χ0v) is 11.2. The van der Waals surface area contributed by atoms with E-state index in [0.717, 1.165) is 0 Å². The molecule has 0 radical (unpaired) electrons. The molecule has 0 aliphatic carbocycles. The number of methoxy groups -OCH3 is 1. The van der Waals surface area contributed by atoms with Crippen LogP contribution in [0.3, 0.4) is 0 Å². The number of nitrogens with one attached hydrogen (secondary N) is 1. The van der Waals surface area contributed by atoms with Crippen molar-refractivity contribution in [3.63, 3.8) is 0 Å². The number of halogens is 1. The van der Waals surface area contributed by atoms with Gasteiger partial charge in [-0.2, -0.15) is 0 Å². The molecule has 106 valence electrons. The van der Waals surface area contributed by atoms with Gasteiger partial charge in [0, 0.05) is 6.07 Å². The molecule has 0 amide bonds. The van der Waals surface area contributed by atoms with Crippen LogP contribution in [0.1, 0.15) is 18.5 Å². The molecule has 0 saturated heterocycles. The third kappa shape index (κ3) is 2.77. The first-order valence-corrected chi connectivity index (χ1v) is 6.14. The van der Waals surface area contributed by atoms with Crippen molar-refractivity contribution < 1.29 is 19.3 Å². The van der Waals surface area contributed by atoms with Crippen LogP contribution in [-0.2, 0) is 0 Å². The molecule has 4 nitrogen and oxygen atoms in total. The Kier molecular flexibility index (Phi) is 3.98. The molecule has 0 spiro atoms. The van der Waals surface area contributed by atoms with E-state index in [1.807, 2.05) is 0 Å². The predicted molar refractivity (Wildman–Crippen MR) is 74.8 cm³/mol. The highest BCUT2D eigenvalue weighted by Gasteiger charge is 2.16. The lowest BCUT2D eigenvalue weighted by atomic mass is 10.1. The van der Waals surface area contributed by atoms with Gasteiger partial charge in [-0.3, -0.25) is 0 Å². The first kappa shape index (κ1) is 14.0. The fraction of sp³-hybridized carbons (Fsp3) is 0.200. The van der Waals surface area contributed by atoms with Gasteiger partial charge in [-0.1, -0.05) is 6.07 Å². The monoisotopic (exact) mass is 277 g/mol. The van der Waals surface area contributed by atoms with E-state index in [2.05, 4.69) is 5.32 Å². The van der Waals surface area contributed by atoms with E-state index in [1.165, 1.54) is 31.4 Å². The van der Waals surface area contributed by atoms with Crippen molar-refractivity contribution in [2.75, 3.05) is 12.4 Å². The second-order valence-electron chi connectivity index (χ2n) is 4.42. The molecule has 5 heteroatoms. The fourth-order valence-corrected chi connectivity index (χ4v) is 2.07. The molecule has 0 bridgehead atoms. The van der Waals surface area contributed by atoms with Crippen LogP contribution in [0.5, 0.6) is 17.2 Å². The minimum Gasteiger partial charge on any atom is -0.507 e. The Morgan fingerprint density at radius 1 is 1.15 bits per heavy atom. The summed E-state index contributed by atoms with van der Waals surface area (Å²) in [6.07, 6.45) is 0. The van der Waals surface area contributed by atoms with Gasteiger partial charge in [0.05, 0.1) is 24.4 Å². The highest BCUT2D eigenvalue weighted by molar-refractivity contribution is 5.59. The number of phenolic OH excluding ortho intramolecular Hbond substituents is 2. The summed E-state index contributed by atoms with van der Waals surface area (Å²) >= 11 is 0. The predicted octanol–water partition coefficient (Wildman–Crippen LogP) is 3.42. The van der Waals surface area contributed by atoms with Gasteiger partial charge in [-0.05, 0) is 31.2 Å². The number of aromatic hydroxyl groups is 2. The Morgan fingerprint density at radius 2 is 1.80 bits per heavy atom. The number of rotatable bonds is 4. The van der Waals surface area contributed by atoms with Gasteiger partial charge in [0.1, 0.15) is 23.1 Å². The minimum atomic E-state index is -0.398. The van der Waals surface area contributed by atoms with Crippen LogP contribution in [0.15, 0.2) is 36.4 Å². The highest BCUT2D eigenvalue weighted by Crippen LogP contribution is 2.36. The first-order chi connectivity index (χ1) is 9.52. The van der Waals surface area contributed by atoms with E-state index in [1.54, 1.807) is 19.1 Å². The molecule has 1 atom stereocenters. The summed E-state index contributed by atoms with van der Waals surface area (Å²) in [5, 5.41) is 22.7. The van der Waals surface area contributed by atoms with Crippen LogP contribution in [0, 0.1) is 5.82 Å². The summed E-state index contributed by atoms with van der Waals surface area (Å²) in [4.78, 5) is 0. The molecule has 0 heterocycles. The first-order valence-electron chi connectivity index (χ1n) is 6.14. The van der Waals surface area contributed by atoms with Crippen molar-refractivity contribution in [1.29, 1.82) is 0 Å². The van der Waals surface area contributed by atoms with Crippen molar-refractivity contribution in [3.8, 4) is 17.2 Å². The van der Waals surface area contributed by atoms with Gasteiger partial charge in [0.25, 0.3) is 0 Å². The molecule has 0 aromatic heterocycles. The van der Waals surface area contributed by atoms with Crippen molar-refractivity contribution >= 4 is 5.69 Å². The zero-order valence-electron chi connectivity index (χ0n) is 11.2. The molecule has 20 heavy (non-hydrogen) atoms. The molecular formula is C15H16FNO3. The normalized spacial score (nSPS) is 11.9. The molecule has 0 fully saturated rings. The quantitative estimate of drug-likeness (QED) is 0.801. The maximum atomic E-state index is 13.1. The Labute approximate surface area is 116 Å². The number of benzene rings is 2. The average molecular weight is 277 g/mol. The second kappa shape index (κ2) is 5.69. The van der Waals surface area contributed by atoms with Crippen molar-refractivity contribution in [1.82, 2.24) is 0 Å². The molecule has 0 aliphatic rings. The molecule has 3 N–H and O–H groups in total. The largest absolute Gasteiger partial charge is 0.507 e. The van der Waals surface area contributed by atoms with E-state index in [-0.39, 0.29) is 17.5 Å². The standard InChI is InChI=1S/C15H16FNO3/c1-9(15-12(18)4-3-5-13(15)19)17-11-7-6-10(16)8-14(11)20-2/h3-9,17-19H,1-2H3. The van der Waals surface area contributed by atoms with Crippen LogP contribution in [0.2, 0.25) is 0 Å². The van der Waals surface area contributed by atoms with Crippen molar-refractivity contribution in [3.05, 3.63) is 47.8 Å². The molecule has 0 aliphatic heterocycles. The fourth-order valence-electron chi connectivity index (χ4n) is 2.07. The topological polar surface area (TPSA) is 61.7 Å². The van der Waals surface area contributed by atoms with E-state index >= 15 is 0 Å². The summed E-state index contributed by atoms with van der Waals surface area (Å²) in [7, 11) is 1.45. The van der Waals surface area contributed by atoms with E-state index in [0.29, 0.717) is 17.0 Å². The Balaban J connectivity index is 2.30. The van der Waals surface area contributed by atoms with Gasteiger partial charge in [0.15, 0.2) is 0 Å². The summed E-state index contributed by atoms with van der Waals surface area (Å²) in [6.45, 7) is 1.78. The van der Waals surface area contributed by atoms with Gasteiger partial charge in [-0.25, -0.2) is 4.39 Å². The second-order valence-corrected chi connectivity index (χ2v) is 4.42. The van der Waals surface area contributed by atoms with Crippen LogP contribution in [-0.4, -0.2) is 17.3 Å². The SMILES string of the molecule is COc1cc(F)ccc1NC(C)c1c(O)cccc1O. The number of hydrogen-bond donors (Lipinski definition) is 3. The van der Waals surface area contributed by atoms with Crippen molar-refractivity contribution in [2.24, 2.45) is 0 Å². The maximum absolute atomic E-state index is 13.1. The lowest BCUT2D eigenvalue weighted by molar-refractivity contribution is 0.411. The third-order valence-electron chi connectivity index (χ3n) is 3.03. The molecule has 2 rings (SSSR count). The summed E-state index contributed by atoms with van der Waals surface area (Å²) < 4.78 is 18.2. The Bertz CT molecular complexity index is 596. The number of ether oxygens (including phenoxy) is 1. The van der Waals surface area contributed by atoms with Crippen LogP contribution < -0.4 is 10.1 Å². The molecule has 2 aromatic carbocycles. The van der Waals surface area contributed by atoms with E-state index in [9.17, 15) is 14.6 Å². The molecule has 2 aromatic rings. The van der Waals surface area contributed by atoms with Gasteiger partial charge in [0.2, 0.25) is 0 Å². The lowest BCUT2D eigenvalue weighted by Gasteiger charge is -2.19. The summed E-state index contributed by atoms with van der Waals surface area (Å²) in [5.41, 5.74) is 0.947. The molecule has 1 unspecified atom stereocenters. The number of anilines is 1. The van der Waals surface area contributed by atoms with Crippen LogP contribution in [0.4, 0.5) is 10.1 Å². The summed E-state index contributed by atoms with van der Waals surface area (Å²) in [6, 6.07) is 8.28.